The van der Waals surface area contributed by atoms with Gasteiger partial charge in [-0.15, -0.1) is 0 Å². The van der Waals surface area contributed by atoms with Gasteiger partial charge in [0.2, 0.25) is 0 Å². The van der Waals surface area contributed by atoms with E-state index in [0.29, 0.717) is 6.04 Å². The summed E-state index contributed by atoms with van der Waals surface area (Å²) in [4.78, 5) is 11.5. The van der Waals surface area contributed by atoms with Gasteiger partial charge in [-0.25, -0.2) is 4.79 Å². The standard InChI is InChI=1S/C12H24N2O/c1-4-10-5-7-11(8-6-10)14-12(15)13-9(2)3/h9-11H,4-8H2,1-3H3,(H2,13,14,15). The summed E-state index contributed by atoms with van der Waals surface area (Å²) in [6, 6.07) is 0.605. The summed E-state index contributed by atoms with van der Waals surface area (Å²) in [5.74, 6) is 0.885. The van der Waals surface area contributed by atoms with Gasteiger partial charge in [-0.2, -0.15) is 0 Å². The minimum Gasteiger partial charge on any atom is -0.336 e. The first-order valence-corrected chi connectivity index (χ1v) is 6.18. The Morgan fingerprint density at radius 3 is 2.33 bits per heavy atom. The molecule has 0 spiro atoms. The van der Waals surface area contributed by atoms with Crippen molar-refractivity contribution in [3.05, 3.63) is 0 Å². The molecule has 1 saturated carbocycles. The Hall–Kier alpha value is -0.730. The van der Waals surface area contributed by atoms with E-state index in [9.17, 15) is 4.79 Å². The van der Waals surface area contributed by atoms with Gasteiger partial charge >= 0.3 is 6.03 Å². The van der Waals surface area contributed by atoms with Gasteiger partial charge in [0.05, 0.1) is 0 Å². The number of nitrogens with one attached hydrogen (secondary N) is 2. The van der Waals surface area contributed by atoms with E-state index in [0.717, 1.165) is 18.8 Å². The number of carbonyl (C=O) groups excluding carboxylic acids is 1. The average molecular weight is 212 g/mol. The van der Waals surface area contributed by atoms with Crippen LogP contribution in [0.2, 0.25) is 0 Å². The molecule has 88 valence electrons. The Labute approximate surface area is 93.0 Å². The molecular weight excluding hydrogens is 188 g/mol. The highest BCUT2D eigenvalue weighted by Crippen LogP contribution is 2.26. The van der Waals surface area contributed by atoms with Crippen LogP contribution in [0.3, 0.4) is 0 Å². The molecule has 1 fully saturated rings. The smallest absolute Gasteiger partial charge is 0.315 e. The first kappa shape index (κ1) is 12.3. The molecule has 3 heteroatoms. The van der Waals surface area contributed by atoms with Crippen LogP contribution in [-0.4, -0.2) is 18.1 Å². The molecule has 0 bridgehead atoms. The summed E-state index contributed by atoms with van der Waals surface area (Å²) in [5.41, 5.74) is 0. The predicted octanol–water partition coefficient (Wildman–Crippen LogP) is 2.66. The van der Waals surface area contributed by atoms with Crippen LogP contribution in [0.5, 0.6) is 0 Å². The first-order valence-electron chi connectivity index (χ1n) is 6.18. The maximum atomic E-state index is 11.5. The van der Waals surface area contributed by atoms with Crippen molar-refractivity contribution in [1.29, 1.82) is 0 Å². The SMILES string of the molecule is CCC1CCC(NC(=O)NC(C)C)CC1. The molecular formula is C12H24N2O. The highest BCUT2D eigenvalue weighted by molar-refractivity contribution is 5.74. The van der Waals surface area contributed by atoms with Gasteiger partial charge in [0.25, 0.3) is 0 Å². The Bertz CT molecular complexity index is 196. The third kappa shape index (κ3) is 4.54. The third-order valence-electron chi connectivity index (χ3n) is 3.18. The van der Waals surface area contributed by atoms with Gasteiger partial charge in [-0.05, 0) is 45.4 Å². The second kappa shape index (κ2) is 5.99. The van der Waals surface area contributed by atoms with E-state index in [4.69, 9.17) is 0 Å². The fraction of sp³-hybridized carbons (Fsp3) is 0.917. The molecule has 0 saturated heterocycles. The van der Waals surface area contributed by atoms with Crippen LogP contribution in [0, 0.1) is 5.92 Å². The maximum absolute atomic E-state index is 11.5. The quantitative estimate of drug-likeness (QED) is 0.742. The monoisotopic (exact) mass is 212 g/mol. The van der Waals surface area contributed by atoms with E-state index in [-0.39, 0.29) is 12.1 Å². The molecule has 0 aliphatic heterocycles. The van der Waals surface area contributed by atoms with Crippen LogP contribution in [-0.2, 0) is 0 Å². The van der Waals surface area contributed by atoms with Crippen LogP contribution < -0.4 is 10.6 Å². The minimum absolute atomic E-state index is 0.00931. The predicted molar refractivity (Wildman–Crippen MR) is 62.8 cm³/mol. The largest absolute Gasteiger partial charge is 0.336 e. The lowest BCUT2D eigenvalue weighted by Crippen LogP contribution is -2.45. The van der Waals surface area contributed by atoms with Crippen molar-refractivity contribution in [2.75, 3.05) is 0 Å². The van der Waals surface area contributed by atoms with Gasteiger partial charge in [-0.1, -0.05) is 13.3 Å². The summed E-state index contributed by atoms with van der Waals surface area (Å²) in [7, 11) is 0. The van der Waals surface area contributed by atoms with E-state index < -0.39 is 0 Å². The molecule has 0 heterocycles. The number of urea groups is 1. The average Bonchev–Trinajstić information content (AvgIpc) is 2.17. The van der Waals surface area contributed by atoms with E-state index in [1.165, 1.54) is 19.3 Å². The Morgan fingerprint density at radius 1 is 1.27 bits per heavy atom. The molecule has 0 aromatic rings. The molecule has 2 amide bonds. The normalized spacial score (nSPS) is 26.4. The molecule has 0 aromatic heterocycles. The molecule has 1 aliphatic carbocycles. The second-order valence-electron chi connectivity index (χ2n) is 4.90. The van der Waals surface area contributed by atoms with Crippen LogP contribution >= 0.6 is 0 Å². The fourth-order valence-electron chi connectivity index (χ4n) is 2.20. The van der Waals surface area contributed by atoms with E-state index in [2.05, 4.69) is 17.6 Å². The molecule has 3 nitrogen and oxygen atoms in total. The van der Waals surface area contributed by atoms with Crippen molar-refractivity contribution >= 4 is 6.03 Å². The van der Waals surface area contributed by atoms with Gasteiger partial charge < -0.3 is 10.6 Å². The number of hydrogen-bond acceptors (Lipinski definition) is 1. The van der Waals surface area contributed by atoms with Gasteiger partial charge in [-0.3, -0.25) is 0 Å². The van der Waals surface area contributed by atoms with Gasteiger partial charge in [0.1, 0.15) is 0 Å². The summed E-state index contributed by atoms with van der Waals surface area (Å²) < 4.78 is 0. The molecule has 15 heavy (non-hydrogen) atoms. The Morgan fingerprint density at radius 2 is 1.87 bits per heavy atom. The topological polar surface area (TPSA) is 41.1 Å². The molecule has 0 atom stereocenters. The lowest BCUT2D eigenvalue weighted by atomic mass is 9.85. The van der Waals surface area contributed by atoms with Crippen molar-refractivity contribution in [2.24, 2.45) is 5.92 Å². The zero-order valence-electron chi connectivity index (χ0n) is 10.2. The van der Waals surface area contributed by atoms with E-state index in [1.54, 1.807) is 0 Å². The van der Waals surface area contributed by atoms with E-state index in [1.807, 2.05) is 13.8 Å². The van der Waals surface area contributed by atoms with Gasteiger partial charge in [0, 0.05) is 12.1 Å². The zero-order chi connectivity index (χ0) is 11.3. The number of hydrogen-bond donors (Lipinski definition) is 2. The molecule has 1 aliphatic rings. The van der Waals surface area contributed by atoms with Crippen molar-refractivity contribution < 1.29 is 4.79 Å². The first-order chi connectivity index (χ1) is 7.11. The number of rotatable bonds is 3. The van der Waals surface area contributed by atoms with E-state index >= 15 is 0 Å². The highest BCUT2D eigenvalue weighted by atomic mass is 16.2. The molecule has 1 rings (SSSR count). The molecule has 2 N–H and O–H groups in total. The Balaban J connectivity index is 2.20. The minimum atomic E-state index is -0.00931. The molecule has 0 unspecified atom stereocenters. The number of carbonyl (C=O) groups is 1. The van der Waals surface area contributed by atoms with Crippen molar-refractivity contribution in [2.45, 2.75) is 65.0 Å². The molecule has 0 aromatic carbocycles. The lowest BCUT2D eigenvalue weighted by Gasteiger charge is -2.28. The van der Waals surface area contributed by atoms with Crippen LogP contribution in [0.4, 0.5) is 4.79 Å². The van der Waals surface area contributed by atoms with Crippen molar-refractivity contribution in [3.8, 4) is 0 Å². The summed E-state index contributed by atoms with van der Waals surface area (Å²) in [6.45, 7) is 6.21. The second-order valence-corrected chi connectivity index (χ2v) is 4.90. The fourth-order valence-corrected chi connectivity index (χ4v) is 2.20. The van der Waals surface area contributed by atoms with Gasteiger partial charge in [0.15, 0.2) is 0 Å². The zero-order valence-corrected chi connectivity index (χ0v) is 10.2. The van der Waals surface area contributed by atoms with Crippen molar-refractivity contribution in [1.82, 2.24) is 10.6 Å². The summed E-state index contributed by atoms with van der Waals surface area (Å²) >= 11 is 0. The highest BCUT2D eigenvalue weighted by Gasteiger charge is 2.21. The summed E-state index contributed by atoms with van der Waals surface area (Å²) in [6.07, 6.45) is 6.10. The lowest BCUT2D eigenvalue weighted by molar-refractivity contribution is 0.224. The summed E-state index contributed by atoms with van der Waals surface area (Å²) in [5, 5.41) is 5.91. The molecule has 0 radical (unpaired) electrons. The number of amides is 2. The third-order valence-corrected chi connectivity index (χ3v) is 3.18. The van der Waals surface area contributed by atoms with Crippen LogP contribution in [0.15, 0.2) is 0 Å². The Kier molecular flexibility index (Phi) is 4.92. The van der Waals surface area contributed by atoms with Crippen LogP contribution in [0.25, 0.3) is 0 Å². The van der Waals surface area contributed by atoms with Crippen molar-refractivity contribution in [3.63, 3.8) is 0 Å². The maximum Gasteiger partial charge on any atom is 0.315 e. The van der Waals surface area contributed by atoms with Crippen LogP contribution in [0.1, 0.15) is 52.9 Å².